The summed E-state index contributed by atoms with van der Waals surface area (Å²) in [5.74, 6) is 6.07. The lowest BCUT2D eigenvalue weighted by molar-refractivity contribution is 0.0922. The zero-order valence-corrected chi connectivity index (χ0v) is 12.6. The van der Waals surface area contributed by atoms with Crippen LogP contribution in [0.5, 0.6) is 0 Å². The van der Waals surface area contributed by atoms with Crippen LogP contribution in [0.2, 0.25) is 0 Å². The molecule has 0 spiro atoms. The van der Waals surface area contributed by atoms with Gasteiger partial charge in [0.15, 0.2) is 0 Å². The summed E-state index contributed by atoms with van der Waals surface area (Å²) in [7, 11) is 0. The number of amides is 1. The quantitative estimate of drug-likeness (QED) is 0.827. The van der Waals surface area contributed by atoms with Crippen molar-refractivity contribution in [3.05, 3.63) is 34.9 Å². The molecule has 1 heterocycles. The Morgan fingerprint density at radius 2 is 2.38 bits per heavy atom. The fraction of sp³-hybridized carbons (Fsp3) is 0.471. The molecule has 0 radical (unpaired) electrons. The van der Waals surface area contributed by atoms with Crippen LogP contribution >= 0.6 is 0 Å². The smallest absolute Gasteiger partial charge is 0.252 e. The molecule has 1 amide bonds. The second-order valence-corrected chi connectivity index (χ2v) is 5.44. The monoisotopic (exact) mass is 286 g/mol. The number of rotatable bonds is 3. The Hall–Kier alpha value is -1.83. The predicted octanol–water partition coefficient (Wildman–Crippen LogP) is 1.46. The highest BCUT2D eigenvalue weighted by molar-refractivity contribution is 5.97. The number of benzene rings is 1. The first kappa shape index (κ1) is 15.6. The summed E-state index contributed by atoms with van der Waals surface area (Å²) in [6, 6.07) is 5.78. The van der Waals surface area contributed by atoms with Crippen molar-refractivity contribution < 1.29 is 9.53 Å². The van der Waals surface area contributed by atoms with E-state index in [1.54, 1.807) is 0 Å². The number of nitrogens with two attached hydrogens (primary N) is 1. The van der Waals surface area contributed by atoms with Gasteiger partial charge in [0.2, 0.25) is 0 Å². The van der Waals surface area contributed by atoms with Crippen molar-refractivity contribution in [2.75, 3.05) is 19.8 Å². The van der Waals surface area contributed by atoms with Gasteiger partial charge in [-0.2, -0.15) is 0 Å². The van der Waals surface area contributed by atoms with Gasteiger partial charge in [0.1, 0.15) is 0 Å². The van der Waals surface area contributed by atoms with Gasteiger partial charge in [-0.1, -0.05) is 23.5 Å². The third kappa shape index (κ3) is 4.07. The van der Waals surface area contributed by atoms with Gasteiger partial charge in [-0.15, -0.1) is 0 Å². The van der Waals surface area contributed by atoms with E-state index in [0.29, 0.717) is 11.5 Å². The Morgan fingerprint density at radius 1 is 1.57 bits per heavy atom. The fourth-order valence-corrected chi connectivity index (χ4v) is 2.45. The molecule has 2 atom stereocenters. The Kier molecular flexibility index (Phi) is 5.38. The van der Waals surface area contributed by atoms with Crippen molar-refractivity contribution >= 4 is 5.91 Å². The van der Waals surface area contributed by atoms with Crippen LogP contribution in [-0.4, -0.2) is 31.7 Å². The molecule has 112 valence electrons. The van der Waals surface area contributed by atoms with Gasteiger partial charge in [0, 0.05) is 24.1 Å². The lowest BCUT2D eigenvalue weighted by atomic mass is 9.99. The van der Waals surface area contributed by atoms with Crippen molar-refractivity contribution in [2.45, 2.75) is 26.3 Å². The summed E-state index contributed by atoms with van der Waals surface area (Å²) in [5.41, 5.74) is 7.78. The van der Waals surface area contributed by atoms with E-state index in [0.717, 1.165) is 30.8 Å². The number of aryl methyl sites for hydroxylation is 1. The number of ether oxygens (including phenoxy) is 1. The Bertz CT molecular complexity index is 566. The Balaban J connectivity index is 2.15. The first-order chi connectivity index (χ1) is 10.1. The summed E-state index contributed by atoms with van der Waals surface area (Å²) in [5, 5.41) is 3.06. The molecule has 0 aromatic heterocycles. The molecule has 2 unspecified atom stereocenters. The van der Waals surface area contributed by atoms with Crippen molar-refractivity contribution in [3.8, 4) is 11.8 Å². The maximum absolute atomic E-state index is 12.5. The van der Waals surface area contributed by atoms with Crippen LogP contribution in [0.25, 0.3) is 0 Å². The second kappa shape index (κ2) is 7.26. The third-order valence-corrected chi connectivity index (χ3v) is 3.78. The largest absolute Gasteiger partial charge is 0.381 e. The molecule has 1 aromatic rings. The van der Waals surface area contributed by atoms with E-state index in [1.807, 2.05) is 32.0 Å². The normalized spacial score (nSPS) is 18.7. The van der Waals surface area contributed by atoms with Crippen molar-refractivity contribution in [2.24, 2.45) is 11.7 Å². The number of hydrogen-bond donors (Lipinski definition) is 2. The summed E-state index contributed by atoms with van der Waals surface area (Å²) in [6.07, 6.45) is 0.995. The van der Waals surface area contributed by atoms with Crippen LogP contribution in [0.4, 0.5) is 0 Å². The van der Waals surface area contributed by atoms with Gasteiger partial charge >= 0.3 is 0 Å². The molecule has 4 nitrogen and oxygen atoms in total. The molecule has 21 heavy (non-hydrogen) atoms. The summed E-state index contributed by atoms with van der Waals surface area (Å²) >= 11 is 0. The van der Waals surface area contributed by atoms with E-state index in [4.69, 9.17) is 10.5 Å². The van der Waals surface area contributed by atoms with Crippen LogP contribution in [-0.2, 0) is 4.74 Å². The minimum Gasteiger partial charge on any atom is -0.381 e. The molecule has 1 aliphatic heterocycles. The van der Waals surface area contributed by atoms with Crippen LogP contribution in [0.15, 0.2) is 18.2 Å². The first-order valence-electron chi connectivity index (χ1n) is 7.30. The number of nitrogens with one attached hydrogen (secondary N) is 1. The Morgan fingerprint density at radius 3 is 3.05 bits per heavy atom. The molecule has 1 aliphatic rings. The first-order valence-corrected chi connectivity index (χ1v) is 7.30. The van der Waals surface area contributed by atoms with Gasteiger partial charge in [-0.25, -0.2) is 0 Å². The average Bonchev–Trinajstić information content (AvgIpc) is 3.00. The van der Waals surface area contributed by atoms with E-state index in [-0.39, 0.29) is 18.5 Å². The average molecular weight is 286 g/mol. The van der Waals surface area contributed by atoms with Crippen molar-refractivity contribution in [3.63, 3.8) is 0 Å². The van der Waals surface area contributed by atoms with Crippen LogP contribution < -0.4 is 11.1 Å². The molecular formula is C17H22N2O2. The lowest BCUT2D eigenvalue weighted by Gasteiger charge is -2.19. The van der Waals surface area contributed by atoms with E-state index in [2.05, 4.69) is 17.2 Å². The second-order valence-electron chi connectivity index (χ2n) is 5.44. The van der Waals surface area contributed by atoms with Crippen LogP contribution in [0.1, 0.15) is 34.8 Å². The molecule has 1 saturated heterocycles. The molecule has 2 rings (SSSR count). The topological polar surface area (TPSA) is 64.4 Å². The molecule has 0 bridgehead atoms. The maximum Gasteiger partial charge on any atom is 0.252 e. The van der Waals surface area contributed by atoms with Crippen molar-refractivity contribution in [1.29, 1.82) is 0 Å². The molecule has 0 aliphatic carbocycles. The zero-order valence-electron chi connectivity index (χ0n) is 12.6. The van der Waals surface area contributed by atoms with Gasteiger partial charge in [0.05, 0.1) is 18.7 Å². The SMILES string of the molecule is Cc1ccc(C#CCN)c(C(=O)NC(C)C2CCOC2)c1. The molecule has 0 saturated carbocycles. The summed E-state index contributed by atoms with van der Waals surface area (Å²) in [4.78, 5) is 12.5. The minimum absolute atomic E-state index is 0.0839. The number of carbonyl (C=O) groups is 1. The molecule has 1 aromatic carbocycles. The van der Waals surface area contributed by atoms with E-state index in [1.165, 1.54) is 0 Å². The highest BCUT2D eigenvalue weighted by Crippen LogP contribution is 2.17. The molecular weight excluding hydrogens is 264 g/mol. The van der Waals surface area contributed by atoms with Crippen LogP contribution in [0.3, 0.4) is 0 Å². The van der Waals surface area contributed by atoms with Crippen LogP contribution in [0, 0.1) is 24.7 Å². The Labute approximate surface area is 126 Å². The predicted molar refractivity (Wildman–Crippen MR) is 83.0 cm³/mol. The summed E-state index contributed by atoms with van der Waals surface area (Å²) in [6.45, 7) is 5.77. The van der Waals surface area contributed by atoms with Gasteiger partial charge in [-0.05, 0) is 32.4 Å². The fourth-order valence-electron chi connectivity index (χ4n) is 2.45. The van der Waals surface area contributed by atoms with E-state index < -0.39 is 0 Å². The van der Waals surface area contributed by atoms with Crippen molar-refractivity contribution in [1.82, 2.24) is 5.32 Å². The molecule has 3 N–H and O–H groups in total. The maximum atomic E-state index is 12.5. The third-order valence-electron chi connectivity index (χ3n) is 3.78. The summed E-state index contributed by atoms with van der Waals surface area (Å²) < 4.78 is 5.37. The van der Waals surface area contributed by atoms with Gasteiger partial charge in [-0.3, -0.25) is 4.79 Å². The highest BCUT2D eigenvalue weighted by Gasteiger charge is 2.24. The molecule has 1 fully saturated rings. The highest BCUT2D eigenvalue weighted by atomic mass is 16.5. The van der Waals surface area contributed by atoms with E-state index >= 15 is 0 Å². The molecule has 4 heteroatoms. The van der Waals surface area contributed by atoms with Gasteiger partial charge < -0.3 is 15.8 Å². The zero-order chi connectivity index (χ0) is 15.2. The van der Waals surface area contributed by atoms with Gasteiger partial charge in [0.25, 0.3) is 5.91 Å². The lowest BCUT2D eigenvalue weighted by Crippen LogP contribution is -2.38. The minimum atomic E-state index is -0.0839. The standard InChI is InChI=1S/C17H22N2O2/c1-12-5-6-14(4-3-8-18)16(10-12)17(20)19-13(2)15-7-9-21-11-15/h5-6,10,13,15H,7-9,11,18H2,1-2H3,(H,19,20). The van der Waals surface area contributed by atoms with E-state index in [9.17, 15) is 4.79 Å². The number of carbonyl (C=O) groups excluding carboxylic acids is 1. The number of hydrogen-bond acceptors (Lipinski definition) is 3.